The van der Waals surface area contributed by atoms with Gasteiger partial charge in [-0.25, -0.2) is 0 Å². The van der Waals surface area contributed by atoms with Gasteiger partial charge in [0.05, 0.1) is 10.6 Å². The molecule has 0 amide bonds. The number of hydrogen-bond donors (Lipinski definition) is 1. The summed E-state index contributed by atoms with van der Waals surface area (Å²) in [5, 5.41) is 13.3. The molecule has 156 valence electrons. The number of aromatic hydroxyl groups is 1. The minimum atomic E-state index is -3.49. The van der Waals surface area contributed by atoms with E-state index in [9.17, 15) is 9.67 Å². The van der Waals surface area contributed by atoms with E-state index in [0.717, 1.165) is 5.56 Å². The van der Waals surface area contributed by atoms with Crippen LogP contribution in [0.4, 0.5) is 0 Å². The van der Waals surface area contributed by atoms with Crippen molar-refractivity contribution in [2.24, 2.45) is 0 Å². The first-order chi connectivity index (χ1) is 15.7. The second kappa shape index (κ2) is 8.37. The van der Waals surface area contributed by atoms with Crippen LogP contribution >= 0.6 is 7.37 Å². The summed E-state index contributed by atoms with van der Waals surface area (Å²) >= 11 is 0. The van der Waals surface area contributed by atoms with Crippen LogP contribution in [-0.2, 0) is 4.57 Å². The lowest BCUT2D eigenvalue weighted by Gasteiger charge is -2.24. The fraction of sp³-hybridized carbons (Fsp3) is 0. The average molecular weight is 436 g/mol. The van der Waals surface area contributed by atoms with Gasteiger partial charge in [0, 0.05) is 16.3 Å². The van der Waals surface area contributed by atoms with Gasteiger partial charge in [0.25, 0.3) is 0 Å². The molecule has 5 aromatic carbocycles. The molecule has 5 rings (SSSR count). The summed E-state index contributed by atoms with van der Waals surface area (Å²) in [5.41, 5.74) is 1.56. The van der Waals surface area contributed by atoms with Crippen LogP contribution in [0.25, 0.3) is 21.9 Å². The van der Waals surface area contributed by atoms with Crippen LogP contribution in [-0.4, -0.2) is 5.11 Å². The third-order valence-corrected chi connectivity index (χ3v) is 7.87. The van der Waals surface area contributed by atoms with Crippen molar-refractivity contribution in [1.29, 1.82) is 0 Å². The Morgan fingerprint density at radius 3 is 1.62 bits per heavy atom. The van der Waals surface area contributed by atoms with Crippen LogP contribution in [0.2, 0.25) is 0 Å². The van der Waals surface area contributed by atoms with E-state index in [1.165, 1.54) is 0 Å². The maximum atomic E-state index is 14.6. The first-order valence-electron chi connectivity index (χ1n) is 10.4. The van der Waals surface area contributed by atoms with E-state index in [0.29, 0.717) is 32.7 Å². The largest absolute Gasteiger partial charge is 0.507 e. The molecule has 32 heavy (non-hydrogen) atoms. The van der Waals surface area contributed by atoms with Crippen molar-refractivity contribution in [3.8, 4) is 22.6 Å². The molecule has 0 heterocycles. The van der Waals surface area contributed by atoms with Gasteiger partial charge in [-0.15, -0.1) is 0 Å². The number of phenols is 1. The highest BCUT2D eigenvalue weighted by molar-refractivity contribution is 7.74. The molecule has 0 fully saturated rings. The van der Waals surface area contributed by atoms with Gasteiger partial charge in [-0.05, 0) is 35.9 Å². The lowest BCUT2D eigenvalue weighted by atomic mass is 9.99. The number of rotatable bonds is 5. The molecule has 0 aliphatic carbocycles. The minimum Gasteiger partial charge on any atom is -0.507 e. The first kappa shape index (κ1) is 20.1. The Morgan fingerprint density at radius 1 is 0.594 bits per heavy atom. The van der Waals surface area contributed by atoms with Crippen LogP contribution in [0.5, 0.6) is 11.5 Å². The number of benzene rings is 5. The Kier molecular flexibility index (Phi) is 5.26. The van der Waals surface area contributed by atoms with Gasteiger partial charge in [-0.1, -0.05) is 91.0 Å². The molecule has 0 saturated heterocycles. The van der Waals surface area contributed by atoms with Gasteiger partial charge in [0.15, 0.2) is 0 Å². The van der Waals surface area contributed by atoms with E-state index >= 15 is 0 Å². The molecule has 4 heteroatoms. The highest BCUT2D eigenvalue weighted by Gasteiger charge is 2.32. The molecule has 0 unspecified atom stereocenters. The van der Waals surface area contributed by atoms with Crippen molar-refractivity contribution in [2.45, 2.75) is 0 Å². The SMILES string of the molecule is O=P(Oc1c(-c2ccccc2)cc(O)c2ccccc12)(c1ccccc1)c1ccccc1. The summed E-state index contributed by atoms with van der Waals surface area (Å²) in [4.78, 5) is 0. The Balaban J connectivity index is 1.80. The molecule has 1 N–H and O–H groups in total. The fourth-order valence-corrected chi connectivity index (χ4v) is 5.98. The Morgan fingerprint density at radius 2 is 1.06 bits per heavy atom. The van der Waals surface area contributed by atoms with Gasteiger partial charge in [0.2, 0.25) is 0 Å². The molecule has 0 aliphatic heterocycles. The summed E-state index contributed by atoms with van der Waals surface area (Å²) in [7, 11) is -3.49. The van der Waals surface area contributed by atoms with Crippen molar-refractivity contribution in [2.75, 3.05) is 0 Å². The van der Waals surface area contributed by atoms with E-state index in [2.05, 4.69) is 0 Å². The maximum Gasteiger partial charge on any atom is 0.306 e. The number of fused-ring (bicyclic) bond motifs is 1. The van der Waals surface area contributed by atoms with Crippen molar-refractivity contribution in [3.05, 3.63) is 121 Å². The summed E-state index contributed by atoms with van der Waals surface area (Å²) in [6.45, 7) is 0. The molecular formula is C28H21O3P. The van der Waals surface area contributed by atoms with Gasteiger partial charge in [-0.3, -0.25) is 4.57 Å². The van der Waals surface area contributed by atoms with Crippen LogP contribution in [0.1, 0.15) is 0 Å². The predicted octanol–water partition coefficient (Wildman–Crippen LogP) is 6.52. The van der Waals surface area contributed by atoms with Crippen molar-refractivity contribution in [1.82, 2.24) is 0 Å². The smallest absolute Gasteiger partial charge is 0.306 e. The predicted molar refractivity (Wildman–Crippen MR) is 131 cm³/mol. The molecule has 3 nitrogen and oxygen atoms in total. The lowest BCUT2D eigenvalue weighted by Crippen LogP contribution is -2.20. The van der Waals surface area contributed by atoms with Crippen molar-refractivity contribution < 1.29 is 14.2 Å². The normalized spacial score (nSPS) is 11.4. The van der Waals surface area contributed by atoms with Crippen molar-refractivity contribution >= 4 is 28.8 Å². The fourth-order valence-electron chi connectivity index (χ4n) is 3.89. The maximum absolute atomic E-state index is 14.6. The van der Waals surface area contributed by atoms with Gasteiger partial charge >= 0.3 is 7.37 Å². The molecule has 5 aromatic rings. The summed E-state index contributed by atoms with van der Waals surface area (Å²) < 4.78 is 21.2. The highest BCUT2D eigenvalue weighted by Crippen LogP contribution is 2.51. The molecule has 0 aliphatic rings. The van der Waals surface area contributed by atoms with Gasteiger partial charge in [0.1, 0.15) is 11.5 Å². The second-order valence-electron chi connectivity index (χ2n) is 7.50. The van der Waals surface area contributed by atoms with E-state index in [4.69, 9.17) is 4.52 Å². The van der Waals surface area contributed by atoms with Crippen LogP contribution in [0, 0.1) is 0 Å². The summed E-state index contributed by atoms with van der Waals surface area (Å²) in [5.74, 6) is 0.640. The zero-order chi connectivity index (χ0) is 22.0. The average Bonchev–Trinajstić information content (AvgIpc) is 2.87. The number of phenolic OH excluding ortho intramolecular Hbond substituents is 1. The van der Waals surface area contributed by atoms with E-state index in [1.807, 2.05) is 115 Å². The van der Waals surface area contributed by atoms with Crippen molar-refractivity contribution in [3.63, 3.8) is 0 Å². The molecule has 0 atom stereocenters. The lowest BCUT2D eigenvalue weighted by molar-refractivity contribution is 0.479. The van der Waals surface area contributed by atoms with Crippen LogP contribution in [0.3, 0.4) is 0 Å². The highest BCUT2D eigenvalue weighted by atomic mass is 31.2. The molecule has 0 saturated carbocycles. The minimum absolute atomic E-state index is 0.154. The zero-order valence-corrected chi connectivity index (χ0v) is 18.2. The Labute approximate surface area is 187 Å². The molecule has 0 bridgehead atoms. The van der Waals surface area contributed by atoms with E-state index in [-0.39, 0.29) is 5.75 Å². The molecule has 0 aromatic heterocycles. The van der Waals surface area contributed by atoms with E-state index in [1.54, 1.807) is 6.07 Å². The topological polar surface area (TPSA) is 46.5 Å². The Hall–Kier alpha value is -3.81. The first-order valence-corrected chi connectivity index (χ1v) is 12.0. The summed E-state index contributed by atoms with van der Waals surface area (Å²) in [6.07, 6.45) is 0. The monoisotopic (exact) mass is 436 g/mol. The zero-order valence-electron chi connectivity index (χ0n) is 17.3. The Bertz CT molecular complexity index is 1370. The third-order valence-electron chi connectivity index (χ3n) is 5.47. The molecule has 0 radical (unpaired) electrons. The second-order valence-corrected chi connectivity index (χ2v) is 9.82. The van der Waals surface area contributed by atoms with Crippen LogP contribution in [0.15, 0.2) is 121 Å². The third kappa shape index (κ3) is 3.57. The quantitative estimate of drug-likeness (QED) is 0.319. The van der Waals surface area contributed by atoms with Gasteiger partial charge in [-0.2, -0.15) is 0 Å². The summed E-state index contributed by atoms with van der Waals surface area (Å²) in [6, 6.07) is 37.4. The van der Waals surface area contributed by atoms with Gasteiger partial charge < -0.3 is 9.63 Å². The molecular weight excluding hydrogens is 415 g/mol. The van der Waals surface area contributed by atoms with E-state index < -0.39 is 7.37 Å². The van der Waals surface area contributed by atoms with Crippen LogP contribution < -0.4 is 15.1 Å². The number of hydrogen-bond acceptors (Lipinski definition) is 3. The molecule has 0 spiro atoms. The standard InChI is InChI=1S/C28H21O3P/c29-27-20-26(21-12-4-1-5-13-21)28(25-19-11-10-18-24(25)27)31-32(30,22-14-6-2-7-15-22)23-16-8-3-9-17-23/h1-20,29H.